The van der Waals surface area contributed by atoms with E-state index in [1.807, 2.05) is 6.07 Å². The number of halogens is 2. The highest BCUT2D eigenvalue weighted by molar-refractivity contribution is 6.31. The lowest BCUT2D eigenvalue weighted by molar-refractivity contribution is 0.279. The van der Waals surface area contributed by atoms with Gasteiger partial charge in [0.15, 0.2) is 0 Å². The van der Waals surface area contributed by atoms with E-state index in [-0.39, 0.29) is 16.8 Å². The molecule has 112 valence electrons. The van der Waals surface area contributed by atoms with Crippen molar-refractivity contribution in [2.45, 2.75) is 57.9 Å². The molecule has 2 unspecified atom stereocenters. The number of hydrogen-bond acceptors (Lipinski definition) is 1. The molecule has 2 rings (SSSR count). The van der Waals surface area contributed by atoms with E-state index in [2.05, 4.69) is 33.0 Å². The molecule has 1 N–H and O–H groups in total. The Morgan fingerprint density at radius 1 is 1.40 bits per heavy atom. The number of benzene rings is 1. The molecular weight excluding hydrogens is 273 g/mol. The predicted octanol–water partition coefficient (Wildman–Crippen LogP) is 4.93. The van der Waals surface area contributed by atoms with Crippen molar-refractivity contribution in [1.29, 1.82) is 0 Å². The molecule has 0 aromatic heterocycles. The van der Waals surface area contributed by atoms with E-state index in [0.29, 0.717) is 10.9 Å². The summed E-state index contributed by atoms with van der Waals surface area (Å²) >= 11 is 6.35. The van der Waals surface area contributed by atoms with E-state index in [1.54, 1.807) is 0 Å². The number of hydrogen-bond donors (Lipinski definition) is 1. The molecule has 0 spiro atoms. The maximum Gasteiger partial charge on any atom is 0.124 e. The van der Waals surface area contributed by atoms with Gasteiger partial charge in [0, 0.05) is 22.5 Å². The summed E-state index contributed by atoms with van der Waals surface area (Å²) in [4.78, 5) is 0. The zero-order chi connectivity index (χ0) is 15.0. The van der Waals surface area contributed by atoms with E-state index < -0.39 is 0 Å². The SMILES string of the molecule is CC1CCCC1(CNC(C)(C)C)c1ccc(F)cc1Cl. The molecule has 1 nitrogen and oxygen atoms in total. The largest absolute Gasteiger partial charge is 0.311 e. The van der Waals surface area contributed by atoms with Gasteiger partial charge in [-0.15, -0.1) is 0 Å². The summed E-state index contributed by atoms with van der Waals surface area (Å²) in [5.74, 6) is 0.295. The first-order valence-electron chi connectivity index (χ1n) is 7.45. The lowest BCUT2D eigenvalue weighted by Gasteiger charge is -2.38. The maximum absolute atomic E-state index is 13.3. The third-order valence-corrected chi connectivity index (χ3v) is 4.92. The van der Waals surface area contributed by atoms with E-state index in [9.17, 15) is 4.39 Å². The fourth-order valence-corrected chi connectivity index (χ4v) is 3.68. The Morgan fingerprint density at radius 3 is 2.60 bits per heavy atom. The normalized spacial score (nSPS) is 27.0. The third-order valence-electron chi connectivity index (χ3n) is 4.61. The van der Waals surface area contributed by atoms with Crippen LogP contribution in [0.5, 0.6) is 0 Å². The Morgan fingerprint density at radius 2 is 2.10 bits per heavy atom. The zero-order valence-electron chi connectivity index (χ0n) is 12.9. The van der Waals surface area contributed by atoms with Crippen molar-refractivity contribution in [3.05, 3.63) is 34.6 Å². The Balaban J connectivity index is 2.37. The van der Waals surface area contributed by atoms with Crippen LogP contribution in [0.15, 0.2) is 18.2 Å². The summed E-state index contributed by atoms with van der Waals surface area (Å²) in [6.45, 7) is 9.70. The molecular formula is C17H25ClFN. The molecule has 1 fully saturated rings. The highest BCUT2D eigenvalue weighted by Crippen LogP contribution is 2.47. The van der Waals surface area contributed by atoms with Crippen molar-refractivity contribution >= 4 is 11.6 Å². The molecule has 0 aliphatic heterocycles. The summed E-state index contributed by atoms with van der Waals surface area (Å²) in [5.41, 5.74) is 1.20. The Bertz CT molecular complexity index is 480. The minimum Gasteiger partial charge on any atom is -0.311 e. The standard InChI is InChI=1S/C17H25ClFN/c1-12-6-5-9-17(12,11-20-16(2,3)4)14-8-7-13(19)10-15(14)18/h7-8,10,12,20H,5-6,9,11H2,1-4H3. The van der Waals surface area contributed by atoms with Crippen molar-refractivity contribution in [3.63, 3.8) is 0 Å². The van der Waals surface area contributed by atoms with Gasteiger partial charge in [-0.2, -0.15) is 0 Å². The first kappa shape index (κ1) is 15.8. The lowest BCUT2D eigenvalue weighted by Crippen LogP contribution is -2.47. The quantitative estimate of drug-likeness (QED) is 0.834. The average Bonchev–Trinajstić information content (AvgIpc) is 2.68. The van der Waals surface area contributed by atoms with Crippen LogP contribution in [0.3, 0.4) is 0 Å². The highest BCUT2D eigenvalue weighted by atomic mass is 35.5. The highest BCUT2D eigenvalue weighted by Gasteiger charge is 2.43. The van der Waals surface area contributed by atoms with E-state index in [0.717, 1.165) is 18.5 Å². The molecule has 0 amide bonds. The Labute approximate surface area is 126 Å². The maximum atomic E-state index is 13.3. The van der Waals surface area contributed by atoms with E-state index in [4.69, 9.17) is 11.6 Å². The monoisotopic (exact) mass is 297 g/mol. The summed E-state index contributed by atoms with van der Waals surface area (Å²) in [5, 5.41) is 4.19. The van der Waals surface area contributed by atoms with Crippen LogP contribution in [0, 0.1) is 11.7 Å². The zero-order valence-corrected chi connectivity index (χ0v) is 13.6. The first-order chi connectivity index (χ1) is 9.24. The Kier molecular flexibility index (Phi) is 4.46. The van der Waals surface area contributed by atoms with E-state index >= 15 is 0 Å². The van der Waals surface area contributed by atoms with Gasteiger partial charge in [-0.05, 0) is 57.2 Å². The molecule has 3 heteroatoms. The van der Waals surface area contributed by atoms with Gasteiger partial charge >= 0.3 is 0 Å². The summed E-state index contributed by atoms with van der Waals surface area (Å²) in [6, 6.07) is 4.86. The van der Waals surface area contributed by atoms with Crippen LogP contribution in [0.25, 0.3) is 0 Å². The second-order valence-electron chi connectivity index (χ2n) is 7.18. The van der Waals surface area contributed by atoms with Crippen LogP contribution in [0.4, 0.5) is 4.39 Å². The van der Waals surface area contributed by atoms with Gasteiger partial charge in [-0.3, -0.25) is 0 Å². The van der Waals surface area contributed by atoms with Crippen molar-refractivity contribution in [1.82, 2.24) is 5.32 Å². The van der Waals surface area contributed by atoms with Crippen molar-refractivity contribution in [2.75, 3.05) is 6.54 Å². The molecule has 1 aromatic carbocycles. The molecule has 0 heterocycles. The number of rotatable bonds is 3. The van der Waals surface area contributed by atoms with Crippen LogP contribution in [-0.4, -0.2) is 12.1 Å². The van der Waals surface area contributed by atoms with Crippen LogP contribution in [-0.2, 0) is 5.41 Å². The summed E-state index contributed by atoms with van der Waals surface area (Å²) < 4.78 is 13.3. The fraction of sp³-hybridized carbons (Fsp3) is 0.647. The summed E-state index contributed by atoms with van der Waals surface area (Å²) in [7, 11) is 0. The molecule has 1 aliphatic carbocycles. The van der Waals surface area contributed by atoms with Gasteiger partial charge in [0.05, 0.1) is 0 Å². The van der Waals surface area contributed by atoms with Gasteiger partial charge in [-0.1, -0.05) is 31.0 Å². The second-order valence-corrected chi connectivity index (χ2v) is 7.58. The molecule has 1 saturated carbocycles. The molecule has 1 aromatic rings. The smallest absolute Gasteiger partial charge is 0.124 e. The molecule has 1 aliphatic rings. The topological polar surface area (TPSA) is 12.0 Å². The first-order valence-corrected chi connectivity index (χ1v) is 7.83. The van der Waals surface area contributed by atoms with Crippen molar-refractivity contribution < 1.29 is 4.39 Å². The van der Waals surface area contributed by atoms with Crippen molar-refractivity contribution in [2.24, 2.45) is 5.92 Å². The molecule has 2 atom stereocenters. The van der Waals surface area contributed by atoms with Gasteiger partial charge in [0.1, 0.15) is 5.82 Å². The molecule has 20 heavy (non-hydrogen) atoms. The van der Waals surface area contributed by atoms with Crippen LogP contribution in [0.1, 0.15) is 52.5 Å². The third kappa shape index (κ3) is 3.17. The van der Waals surface area contributed by atoms with Crippen molar-refractivity contribution in [3.8, 4) is 0 Å². The van der Waals surface area contributed by atoms with Gasteiger partial charge < -0.3 is 5.32 Å². The number of nitrogens with one attached hydrogen (secondary N) is 1. The fourth-order valence-electron chi connectivity index (χ4n) is 3.32. The van der Waals surface area contributed by atoms with Crippen LogP contribution < -0.4 is 5.32 Å². The molecule has 0 radical (unpaired) electrons. The minimum absolute atomic E-state index is 0.0259. The second kappa shape index (κ2) is 5.65. The predicted molar refractivity (Wildman–Crippen MR) is 83.9 cm³/mol. The van der Waals surface area contributed by atoms with Crippen LogP contribution in [0.2, 0.25) is 5.02 Å². The summed E-state index contributed by atoms with van der Waals surface area (Å²) in [6.07, 6.45) is 3.53. The van der Waals surface area contributed by atoms with E-state index in [1.165, 1.54) is 25.0 Å². The van der Waals surface area contributed by atoms with Gasteiger partial charge in [-0.25, -0.2) is 4.39 Å². The van der Waals surface area contributed by atoms with Gasteiger partial charge in [0.2, 0.25) is 0 Å². The van der Waals surface area contributed by atoms with Gasteiger partial charge in [0.25, 0.3) is 0 Å². The molecule has 0 saturated heterocycles. The van der Waals surface area contributed by atoms with Crippen LogP contribution >= 0.6 is 11.6 Å². The average molecular weight is 298 g/mol. The minimum atomic E-state index is -0.261. The lowest BCUT2D eigenvalue weighted by atomic mass is 9.72. The molecule has 0 bridgehead atoms. The Hall–Kier alpha value is -0.600.